The normalized spacial score (nSPS) is 15.1. The largest absolute Gasteiger partial charge is 0.495 e. The molecule has 0 amide bonds. The molecule has 12 heteroatoms. The van der Waals surface area contributed by atoms with Gasteiger partial charge in [0.1, 0.15) is 63.9 Å². The van der Waals surface area contributed by atoms with Gasteiger partial charge in [-0.1, -0.05) is 310 Å². The van der Waals surface area contributed by atoms with E-state index in [1.165, 1.54) is 231 Å². The number of benzene rings is 4. The van der Waals surface area contributed by atoms with Crippen molar-refractivity contribution >= 4 is 63.7 Å². The number of rotatable bonds is 56. The fraction of sp³-hybridized carbons (Fsp3) is 0.727. The van der Waals surface area contributed by atoms with Gasteiger partial charge in [0, 0.05) is 68.2 Å². The molecule has 8 bridgehead atoms. The molecule has 0 atom stereocenters. The van der Waals surface area contributed by atoms with Crippen LogP contribution in [0.3, 0.4) is 0 Å². The first-order valence-corrected chi connectivity index (χ1v) is 43.9. The van der Waals surface area contributed by atoms with Crippen molar-refractivity contribution in [1.82, 2.24) is 0 Å². The molecule has 0 saturated heterocycles. The number of fused-ring (bicyclic) bond motifs is 8. The highest BCUT2D eigenvalue weighted by molar-refractivity contribution is 9.11. The summed E-state index contributed by atoms with van der Waals surface area (Å²) < 4.78 is 57.4. The van der Waals surface area contributed by atoms with Crippen molar-refractivity contribution in [3.05, 3.63) is 86.7 Å². The lowest BCUT2D eigenvalue weighted by atomic mass is 9.76. The first-order chi connectivity index (χ1) is 49.0. The molecule has 0 N–H and O–H groups in total. The molecule has 0 fully saturated rings. The molecule has 4 aromatic rings. The van der Waals surface area contributed by atoms with E-state index in [1.807, 2.05) is 56.9 Å². The third-order valence-corrected chi connectivity index (χ3v) is 24.8. The van der Waals surface area contributed by atoms with Gasteiger partial charge in [-0.2, -0.15) is 0 Å². The van der Waals surface area contributed by atoms with E-state index >= 15 is 0 Å². The van der Waals surface area contributed by atoms with Crippen molar-refractivity contribution in [2.24, 2.45) is 0 Å². The van der Waals surface area contributed by atoms with Crippen molar-refractivity contribution in [2.45, 2.75) is 360 Å². The lowest BCUT2D eigenvalue weighted by Gasteiger charge is -2.33. The molecule has 5 rings (SSSR count). The molecule has 0 saturated carbocycles. The second kappa shape index (κ2) is 52.2. The van der Waals surface area contributed by atoms with Gasteiger partial charge in [-0.3, -0.25) is 0 Å². The number of methoxy groups -OCH3 is 8. The van der Waals surface area contributed by atoms with E-state index in [1.54, 1.807) is 0 Å². The summed E-state index contributed by atoms with van der Waals surface area (Å²) in [4.78, 5) is 0. The number of hydrogen-bond acceptors (Lipinski definition) is 8. The van der Waals surface area contributed by atoms with Crippen molar-refractivity contribution in [3.8, 4) is 46.0 Å². The zero-order valence-corrected chi connectivity index (χ0v) is 71.7. The fourth-order valence-corrected chi connectivity index (χ4v) is 19.4. The van der Waals surface area contributed by atoms with Crippen LogP contribution in [-0.2, 0) is 0 Å². The van der Waals surface area contributed by atoms with Gasteiger partial charge in [-0.15, -0.1) is 0 Å². The minimum absolute atomic E-state index is 0.168. The molecular formula is C88H140Br4O8. The molecule has 4 aromatic carbocycles. The first-order valence-electron chi connectivity index (χ1n) is 40.7. The van der Waals surface area contributed by atoms with E-state index in [9.17, 15) is 0 Å². The Morgan fingerprint density at radius 1 is 0.190 bits per heavy atom. The van der Waals surface area contributed by atoms with Crippen LogP contribution in [0, 0.1) is 0 Å². The van der Waals surface area contributed by atoms with Gasteiger partial charge in [0.15, 0.2) is 0 Å². The summed E-state index contributed by atoms with van der Waals surface area (Å²) in [7, 11) is 14.6. The van der Waals surface area contributed by atoms with Gasteiger partial charge in [0.05, 0.1) is 56.9 Å². The molecule has 568 valence electrons. The lowest BCUT2D eigenvalue weighted by molar-refractivity contribution is 0.366. The Bertz CT molecular complexity index is 2370. The van der Waals surface area contributed by atoms with Crippen LogP contribution in [-0.4, -0.2) is 56.9 Å². The van der Waals surface area contributed by atoms with E-state index in [4.69, 9.17) is 37.9 Å². The van der Waals surface area contributed by atoms with Crippen LogP contribution in [0.25, 0.3) is 0 Å². The standard InChI is InChI=1S/C88H140Br4O8/c1-13-17-21-25-29-33-37-41-45-49-53-57-65-69-61-71(83(95-7)77(89)81(69)93-5)66(58-54-50-46-42-38-34-30-26-22-18-14-2)73-63-75(87(99-11)79(91)85(73)97-9)68(60-56-52-48-44-40-36-32-28-24-20-16-4)76-64-74(86(98-10)80(92)88(76)100-12)67(59-55-51-47-43-39-35-31-27-23-19-15-3)72-62-70(65)82(94-6)78(90)84(72)96-8/h61-68H,13-60H2,1-12H3. The van der Waals surface area contributed by atoms with Gasteiger partial charge in [-0.05, 0) is 114 Å². The van der Waals surface area contributed by atoms with Crippen molar-refractivity contribution in [2.75, 3.05) is 56.9 Å². The van der Waals surface area contributed by atoms with Crippen molar-refractivity contribution < 1.29 is 37.9 Å². The van der Waals surface area contributed by atoms with Crippen LogP contribution >= 0.6 is 63.7 Å². The summed E-state index contributed by atoms with van der Waals surface area (Å²) in [6, 6.07) is 9.86. The minimum Gasteiger partial charge on any atom is -0.495 e. The second-order valence-electron chi connectivity index (χ2n) is 29.2. The molecule has 0 aliphatic heterocycles. The maximum atomic E-state index is 6.76. The minimum atomic E-state index is -0.168. The Morgan fingerprint density at radius 3 is 0.410 bits per heavy atom. The summed E-state index contributed by atoms with van der Waals surface area (Å²) in [5.74, 6) is 5.53. The third-order valence-electron chi connectivity index (χ3n) is 22.0. The van der Waals surface area contributed by atoms with Crippen LogP contribution in [0.1, 0.15) is 404 Å². The highest BCUT2D eigenvalue weighted by Gasteiger charge is 2.38. The monoisotopic (exact) mass is 1640 g/mol. The summed E-state index contributed by atoms with van der Waals surface area (Å²) in [6.45, 7) is 9.22. The first kappa shape index (κ1) is 87.8. The molecule has 100 heavy (non-hydrogen) atoms. The van der Waals surface area contributed by atoms with Gasteiger partial charge in [0.25, 0.3) is 0 Å². The molecule has 0 unspecified atom stereocenters. The highest BCUT2D eigenvalue weighted by Crippen LogP contribution is 2.59. The summed E-state index contributed by atoms with van der Waals surface area (Å²) in [5.41, 5.74) is 8.81. The second-order valence-corrected chi connectivity index (χ2v) is 32.4. The van der Waals surface area contributed by atoms with Crippen molar-refractivity contribution in [3.63, 3.8) is 0 Å². The van der Waals surface area contributed by atoms with Crippen LogP contribution in [0.5, 0.6) is 46.0 Å². The Morgan fingerprint density at radius 2 is 0.300 bits per heavy atom. The van der Waals surface area contributed by atoms with E-state index in [-0.39, 0.29) is 23.7 Å². The lowest BCUT2D eigenvalue weighted by Crippen LogP contribution is -2.16. The smallest absolute Gasteiger partial charge is 0.140 e. The van der Waals surface area contributed by atoms with Gasteiger partial charge < -0.3 is 37.9 Å². The molecule has 0 heterocycles. The van der Waals surface area contributed by atoms with E-state index in [2.05, 4.69) is 116 Å². The topological polar surface area (TPSA) is 73.8 Å². The third kappa shape index (κ3) is 26.9. The molecule has 1 aliphatic carbocycles. The number of ether oxygens (including phenoxy) is 8. The molecule has 0 radical (unpaired) electrons. The van der Waals surface area contributed by atoms with Crippen LogP contribution < -0.4 is 37.9 Å². The Labute approximate surface area is 645 Å². The molecule has 8 nitrogen and oxygen atoms in total. The molecular weight excluding hydrogens is 1500 g/mol. The van der Waals surface area contributed by atoms with Crippen LogP contribution in [0.4, 0.5) is 0 Å². The van der Waals surface area contributed by atoms with E-state index in [0.717, 1.165) is 185 Å². The quantitative estimate of drug-likeness (QED) is 0.0405. The average Bonchev–Trinajstić information content (AvgIpc) is 0.739. The molecule has 1 aliphatic rings. The predicted molar refractivity (Wildman–Crippen MR) is 441 cm³/mol. The number of halogens is 4. The summed E-state index contributed by atoms with van der Waals surface area (Å²) >= 11 is 17.1. The van der Waals surface area contributed by atoms with Gasteiger partial charge in [0.2, 0.25) is 0 Å². The Balaban J connectivity index is 1.87. The van der Waals surface area contributed by atoms with Crippen LogP contribution in [0.2, 0.25) is 0 Å². The van der Waals surface area contributed by atoms with Crippen molar-refractivity contribution in [1.29, 1.82) is 0 Å². The summed E-state index contributed by atoms with van der Waals surface area (Å²) in [5, 5.41) is 0. The van der Waals surface area contributed by atoms with Gasteiger partial charge >= 0.3 is 0 Å². The maximum Gasteiger partial charge on any atom is 0.140 e. The van der Waals surface area contributed by atoms with E-state index < -0.39 is 0 Å². The van der Waals surface area contributed by atoms with Crippen LogP contribution in [0.15, 0.2) is 42.2 Å². The van der Waals surface area contributed by atoms with Gasteiger partial charge in [-0.25, -0.2) is 0 Å². The predicted octanol–water partition coefficient (Wildman–Crippen LogP) is 30.5. The summed E-state index contributed by atoms with van der Waals surface area (Å²) in [6.07, 6.45) is 59.2. The number of hydrogen-bond donors (Lipinski definition) is 0. The average molecular weight is 1650 g/mol. The molecule has 0 aromatic heterocycles. The maximum absolute atomic E-state index is 6.76. The SMILES string of the molecule is CCCCCCCCCCCCCC1c2cc(c(OC)c(Br)c2OC)C(CCCCCCCCCCCCC)c2cc(c(OC)c(Br)c2OC)C(CCCCCCCCCCCCC)c2cc(c(OC)c(Br)c2OC)C(CCCCCCCCCCCCC)c2cc1c(OC)c(Br)c2OC. The zero-order chi connectivity index (χ0) is 72.3. The zero-order valence-electron chi connectivity index (χ0n) is 65.3. The molecule has 0 spiro atoms. The van der Waals surface area contributed by atoms with E-state index in [0.29, 0.717) is 0 Å². The Hall–Kier alpha value is -2.80. The number of unbranched alkanes of at least 4 members (excludes halogenated alkanes) is 40. The highest BCUT2D eigenvalue weighted by atomic mass is 79.9. The Kier molecular flexibility index (Phi) is 45.9. The fourth-order valence-electron chi connectivity index (χ4n) is 16.3.